The van der Waals surface area contributed by atoms with E-state index >= 15 is 0 Å². The first kappa shape index (κ1) is 13.8. The number of nitrogens with one attached hydrogen (secondary N) is 2. The number of sulfonamides is 1. The summed E-state index contributed by atoms with van der Waals surface area (Å²) in [5.41, 5.74) is 2.23. The summed E-state index contributed by atoms with van der Waals surface area (Å²) in [5.74, 6) is 5.55. The van der Waals surface area contributed by atoms with Crippen molar-refractivity contribution in [1.82, 2.24) is 14.7 Å². The molecule has 0 aliphatic heterocycles. The minimum atomic E-state index is -3.53. The van der Waals surface area contributed by atoms with Gasteiger partial charge < -0.3 is 0 Å². The van der Waals surface area contributed by atoms with Crippen LogP contribution in [0, 0.1) is 5.92 Å². The van der Waals surface area contributed by atoms with Crippen LogP contribution in [0.4, 0.5) is 5.95 Å². The summed E-state index contributed by atoms with van der Waals surface area (Å²) in [4.78, 5) is 7.52. The first-order valence-corrected chi connectivity index (χ1v) is 6.76. The van der Waals surface area contributed by atoms with Gasteiger partial charge in [-0.3, -0.25) is 5.43 Å². The van der Waals surface area contributed by atoms with Gasteiger partial charge in [-0.1, -0.05) is 20.3 Å². The van der Waals surface area contributed by atoms with Crippen LogP contribution in [-0.2, 0) is 10.0 Å². The van der Waals surface area contributed by atoms with E-state index in [1.54, 1.807) is 0 Å². The Hall–Kier alpha value is -1.25. The van der Waals surface area contributed by atoms with E-state index in [2.05, 4.69) is 20.1 Å². The van der Waals surface area contributed by atoms with E-state index in [0.717, 1.165) is 6.42 Å². The number of anilines is 1. The maximum atomic E-state index is 11.8. The number of nitrogens with zero attached hydrogens (tertiary/aromatic N) is 2. The zero-order valence-corrected chi connectivity index (χ0v) is 10.7. The monoisotopic (exact) mass is 259 g/mol. The van der Waals surface area contributed by atoms with Gasteiger partial charge in [0.1, 0.15) is 4.90 Å². The second-order valence-corrected chi connectivity index (χ2v) is 5.52. The molecule has 0 radical (unpaired) electrons. The Morgan fingerprint density at radius 2 is 2.00 bits per heavy atom. The molecule has 0 fully saturated rings. The SMILES string of the molecule is CCC(C)CNS(=O)(=O)c1cnc(NN)nc1. The average Bonchev–Trinajstić information content (AvgIpc) is 2.36. The summed E-state index contributed by atoms with van der Waals surface area (Å²) < 4.78 is 26.1. The minimum absolute atomic E-state index is 0.0276. The molecule has 0 aliphatic rings. The van der Waals surface area contributed by atoms with Gasteiger partial charge in [0.15, 0.2) is 0 Å². The zero-order valence-electron chi connectivity index (χ0n) is 9.84. The maximum Gasteiger partial charge on any atom is 0.243 e. The van der Waals surface area contributed by atoms with Crippen molar-refractivity contribution in [3.05, 3.63) is 12.4 Å². The normalized spacial score (nSPS) is 13.4. The Kier molecular flexibility index (Phi) is 4.79. The number of nitrogens with two attached hydrogens (primary N) is 1. The predicted molar refractivity (Wildman–Crippen MR) is 64.5 cm³/mol. The van der Waals surface area contributed by atoms with Crippen molar-refractivity contribution in [2.24, 2.45) is 11.8 Å². The van der Waals surface area contributed by atoms with Crippen molar-refractivity contribution in [3.8, 4) is 0 Å². The lowest BCUT2D eigenvalue weighted by Crippen LogP contribution is -2.28. The highest BCUT2D eigenvalue weighted by molar-refractivity contribution is 7.89. The smallest absolute Gasteiger partial charge is 0.243 e. The van der Waals surface area contributed by atoms with Crippen molar-refractivity contribution in [3.63, 3.8) is 0 Å². The van der Waals surface area contributed by atoms with Crippen LogP contribution in [0.2, 0.25) is 0 Å². The van der Waals surface area contributed by atoms with Crippen LogP contribution in [0.25, 0.3) is 0 Å². The van der Waals surface area contributed by atoms with E-state index in [4.69, 9.17) is 5.84 Å². The second-order valence-electron chi connectivity index (χ2n) is 3.75. The predicted octanol–water partition coefficient (Wildman–Crippen LogP) is 0.0866. The summed E-state index contributed by atoms with van der Waals surface area (Å²) in [5, 5.41) is 0. The average molecular weight is 259 g/mol. The molecule has 7 nitrogen and oxygen atoms in total. The van der Waals surface area contributed by atoms with Crippen molar-refractivity contribution in [2.75, 3.05) is 12.0 Å². The Balaban J connectivity index is 2.75. The molecular weight excluding hydrogens is 242 g/mol. The van der Waals surface area contributed by atoms with Crippen molar-refractivity contribution in [1.29, 1.82) is 0 Å². The molecule has 1 rings (SSSR count). The van der Waals surface area contributed by atoms with Gasteiger partial charge in [-0.05, 0) is 5.92 Å². The quantitative estimate of drug-likeness (QED) is 0.493. The van der Waals surface area contributed by atoms with Gasteiger partial charge in [-0.15, -0.1) is 0 Å². The molecule has 1 aromatic heterocycles. The van der Waals surface area contributed by atoms with Gasteiger partial charge in [-0.25, -0.2) is 29.0 Å². The van der Waals surface area contributed by atoms with Crippen molar-refractivity contribution < 1.29 is 8.42 Å². The molecule has 0 aliphatic carbocycles. The van der Waals surface area contributed by atoms with E-state index in [-0.39, 0.29) is 16.8 Å². The van der Waals surface area contributed by atoms with Crippen molar-refractivity contribution >= 4 is 16.0 Å². The van der Waals surface area contributed by atoms with E-state index in [9.17, 15) is 8.42 Å². The fourth-order valence-corrected chi connectivity index (χ4v) is 2.06. The van der Waals surface area contributed by atoms with Crippen LogP contribution in [0.1, 0.15) is 20.3 Å². The van der Waals surface area contributed by atoms with Crippen LogP contribution in [0.5, 0.6) is 0 Å². The number of hydrogen-bond acceptors (Lipinski definition) is 6. The molecule has 1 heterocycles. The minimum Gasteiger partial charge on any atom is -0.292 e. The highest BCUT2D eigenvalue weighted by atomic mass is 32.2. The summed E-state index contributed by atoms with van der Waals surface area (Å²) in [6.45, 7) is 4.37. The molecule has 0 spiro atoms. The standard InChI is InChI=1S/C9H17N5O2S/c1-3-7(2)4-13-17(15,16)8-5-11-9(14-10)12-6-8/h5-7,13H,3-4,10H2,1-2H3,(H,11,12,14). The van der Waals surface area contributed by atoms with E-state index < -0.39 is 10.0 Å². The lowest BCUT2D eigenvalue weighted by molar-refractivity contribution is 0.528. The molecule has 0 aromatic carbocycles. The third-order valence-corrected chi connectivity index (χ3v) is 3.76. The van der Waals surface area contributed by atoms with Gasteiger partial charge in [0, 0.05) is 6.54 Å². The first-order chi connectivity index (χ1) is 7.99. The molecular formula is C9H17N5O2S. The number of nitrogen functional groups attached to an aromatic ring is 1. The number of hydrogen-bond donors (Lipinski definition) is 3. The third-order valence-electron chi connectivity index (χ3n) is 2.39. The molecule has 4 N–H and O–H groups in total. The van der Waals surface area contributed by atoms with Gasteiger partial charge in [0.25, 0.3) is 0 Å². The molecule has 96 valence electrons. The highest BCUT2D eigenvalue weighted by Gasteiger charge is 2.15. The van der Waals surface area contributed by atoms with E-state index in [0.29, 0.717) is 6.54 Å². The highest BCUT2D eigenvalue weighted by Crippen LogP contribution is 2.08. The number of hydrazine groups is 1. The summed E-state index contributed by atoms with van der Waals surface area (Å²) >= 11 is 0. The number of rotatable bonds is 6. The Labute approximate surface area is 101 Å². The maximum absolute atomic E-state index is 11.8. The largest absolute Gasteiger partial charge is 0.292 e. The van der Waals surface area contributed by atoms with Gasteiger partial charge in [0.2, 0.25) is 16.0 Å². The molecule has 1 aromatic rings. The van der Waals surface area contributed by atoms with Crippen molar-refractivity contribution in [2.45, 2.75) is 25.2 Å². The molecule has 0 bridgehead atoms. The van der Waals surface area contributed by atoms with E-state index in [1.807, 2.05) is 13.8 Å². The summed E-state index contributed by atoms with van der Waals surface area (Å²) in [7, 11) is -3.53. The molecule has 8 heteroatoms. The van der Waals surface area contributed by atoms with E-state index in [1.165, 1.54) is 12.4 Å². The molecule has 17 heavy (non-hydrogen) atoms. The van der Waals surface area contributed by atoms with Crippen LogP contribution < -0.4 is 16.0 Å². The third kappa shape index (κ3) is 3.91. The van der Waals surface area contributed by atoms with Crippen LogP contribution >= 0.6 is 0 Å². The van der Waals surface area contributed by atoms with Crippen LogP contribution in [0.3, 0.4) is 0 Å². The fraction of sp³-hybridized carbons (Fsp3) is 0.556. The first-order valence-electron chi connectivity index (χ1n) is 5.28. The summed E-state index contributed by atoms with van der Waals surface area (Å²) in [6.07, 6.45) is 3.33. The Morgan fingerprint density at radius 1 is 1.41 bits per heavy atom. The van der Waals surface area contributed by atoms with Gasteiger partial charge in [0.05, 0.1) is 12.4 Å². The topological polar surface area (TPSA) is 110 Å². The van der Waals surface area contributed by atoms with Gasteiger partial charge >= 0.3 is 0 Å². The Morgan fingerprint density at radius 3 is 2.47 bits per heavy atom. The zero-order chi connectivity index (χ0) is 12.9. The molecule has 0 saturated carbocycles. The van der Waals surface area contributed by atoms with Crippen LogP contribution in [-0.4, -0.2) is 24.9 Å². The number of aromatic nitrogens is 2. The lowest BCUT2D eigenvalue weighted by atomic mass is 10.1. The molecule has 0 amide bonds. The van der Waals surface area contributed by atoms with Crippen LogP contribution in [0.15, 0.2) is 17.3 Å². The fourth-order valence-electron chi connectivity index (χ4n) is 1.01. The lowest BCUT2D eigenvalue weighted by Gasteiger charge is -2.10. The molecule has 1 unspecified atom stereocenters. The molecule has 0 saturated heterocycles. The van der Waals surface area contributed by atoms with Gasteiger partial charge in [-0.2, -0.15) is 0 Å². The molecule has 1 atom stereocenters. The second kappa shape index (κ2) is 5.89. The summed E-state index contributed by atoms with van der Waals surface area (Å²) in [6, 6.07) is 0. The Bertz CT molecular complexity index is 445.